The Balaban J connectivity index is 1.29. The maximum atomic E-state index is 6.64. The minimum absolute atomic E-state index is 0.0480. The molecule has 0 amide bonds. The SMILES string of the molecule is CC(C)(C)c1cc(Oc2cccc(-c3cc(C(C)(C)C)ccn3)c2)cc(N2Cn3c(nc4ccccc43)-c3ccccc32)c1. The average Bonchev–Trinajstić information content (AvgIpc) is 3.39. The largest absolute Gasteiger partial charge is 0.457 e. The van der Waals surface area contributed by atoms with Gasteiger partial charge in [-0.05, 0) is 82.6 Å². The van der Waals surface area contributed by atoms with Crippen LogP contribution in [0, 0.1) is 0 Å². The van der Waals surface area contributed by atoms with Gasteiger partial charge in [-0.2, -0.15) is 0 Å². The van der Waals surface area contributed by atoms with E-state index in [0.29, 0.717) is 6.67 Å². The Morgan fingerprint density at radius 3 is 2.27 bits per heavy atom. The summed E-state index contributed by atoms with van der Waals surface area (Å²) in [5.41, 5.74) is 9.90. The van der Waals surface area contributed by atoms with E-state index >= 15 is 0 Å². The fraction of sp³-hybridized carbons (Fsp3) is 0.231. The number of nitrogens with zero attached hydrogens (tertiary/aromatic N) is 4. The van der Waals surface area contributed by atoms with Crippen LogP contribution >= 0.6 is 0 Å². The van der Waals surface area contributed by atoms with Gasteiger partial charge in [-0.15, -0.1) is 0 Å². The number of hydrogen-bond donors (Lipinski definition) is 0. The van der Waals surface area contributed by atoms with E-state index in [1.54, 1.807) is 0 Å². The Bertz CT molecular complexity index is 2010. The Hall–Kier alpha value is -4.90. The monoisotopic (exact) mass is 578 g/mol. The second kappa shape index (κ2) is 10.4. The topological polar surface area (TPSA) is 43.2 Å². The molecule has 0 N–H and O–H groups in total. The molecule has 0 spiro atoms. The zero-order valence-electron chi connectivity index (χ0n) is 26.3. The second-order valence-electron chi connectivity index (χ2n) is 13.7. The van der Waals surface area contributed by atoms with Crippen LogP contribution in [-0.2, 0) is 17.5 Å². The third-order valence-electron chi connectivity index (χ3n) is 8.43. The quantitative estimate of drug-likeness (QED) is 0.209. The zero-order chi connectivity index (χ0) is 30.6. The Labute approximate surface area is 259 Å². The van der Waals surface area contributed by atoms with Crippen LogP contribution in [0.3, 0.4) is 0 Å². The molecule has 0 unspecified atom stereocenters. The molecule has 44 heavy (non-hydrogen) atoms. The lowest BCUT2D eigenvalue weighted by Crippen LogP contribution is -2.26. The molecule has 1 aliphatic rings. The molecular formula is C39H38N4O. The summed E-state index contributed by atoms with van der Waals surface area (Å²) in [5, 5.41) is 0. The molecule has 1 aliphatic heterocycles. The minimum Gasteiger partial charge on any atom is -0.457 e. The lowest BCUT2D eigenvalue weighted by molar-refractivity contribution is 0.478. The molecule has 3 heterocycles. The van der Waals surface area contributed by atoms with Gasteiger partial charge in [0.05, 0.1) is 22.4 Å². The Morgan fingerprint density at radius 1 is 0.682 bits per heavy atom. The first-order chi connectivity index (χ1) is 21.0. The van der Waals surface area contributed by atoms with E-state index in [9.17, 15) is 0 Å². The van der Waals surface area contributed by atoms with Crippen molar-refractivity contribution in [1.29, 1.82) is 0 Å². The summed E-state index contributed by atoms with van der Waals surface area (Å²) in [6.07, 6.45) is 1.90. The lowest BCUT2D eigenvalue weighted by Gasteiger charge is -2.33. The van der Waals surface area contributed by atoms with Crippen LogP contribution in [0.1, 0.15) is 52.7 Å². The van der Waals surface area contributed by atoms with Gasteiger partial charge in [0.15, 0.2) is 0 Å². The van der Waals surface area contributed by atoms with Crippen LogP contribution in [0.25, 0.3) is 33.7 Å². The van der Waals surface area contributed by atoms with Crippen molar-refractivity contribution in [1.82, 2.24) is 14.5 Å². The molecule has 0 saturated carbocycles. The number of aromatic nitrogens is 3. The number of anilines is 2. The van der Waals surface area contributed by atoms with E-state index in [1.165, 1.54) is 11.1 Å². The molecule has 2 aromatic heterocycles. The molecule has 5 nitrogen and oxygen atoms in total. The highest BCUT2D eigenvalue weighted by Crippen LogP contribution is 2.43. The third-order valence-corrected chi connectivity index (χ3v) is 8.43. The average molecular weight is 579 g/mol. The molecule has 0 fully saturated rings. The predicted octanol–water partition coefficient (Wildman–Crippen LogP) is 10.3. The van der Waals surface area contributed by atoms with E-state index < -0.39 is 0 Å². The minimum atomic E-state index is -0.0740. The molecule has 0 bridgehead atoms. The summed E-state index contributed by atoms with van der Waals surface area (Å²) >= 11 is 0. The van der Waals surface area contributed by atoms with Crippen molar-refractivity contribution in [2.75, 3.05) is 4.90 Å². The molecule has 4 aromatic carbocycles. The summed E-state index contributed by atoms with van der Waals surface area (Å²) in [5.74, 6) is 2.59. The Morgan fingerprint density at radius 2 is 1.45 bits per heavy atom. The maximum absolute atomic E-state index is 6.64. The number of benzene rings is 4. The first-order valence-electron chi connectivity index (χ1n) is 15.3. The van der Waals surface area contributed by atoms with E-state index in [1.807, 2.05) is 24.4 Å². The van der Waals surface area contributed by atoms with Gasteiger partial charge >= 0.3 is 0 Å². The van der Waals surface area contributed by atoms with Gasteiger partial charge in [0.1, 0.15) is 24.0 Å². The maximum Gasteiger partial charge on any atom is 0.144 e. The summed E-state index contributed by atoms with van der Waals surface area (Å²) in [7, 11) is 0. The molecule has 220 valence electrons. The first kappa shape index (κ1) is 27.9. The number of rotatable bonds is 4. The lowest BCUT2D eigenvalue weighted by atomic mass is 9.86. The first-order valence-corrected chi connectivity index (χ1v) is 15.3. The molecule has 0 radical (unpaired) electrons. The van der Waals surface area contributed by atoms with Crippen molar-refractivity contribution in [2.45, 2.75) is 59.0 Å². The summed E-state index contributed by atoms with van der Waals surface area (Å²) in [6.45, 7) is 14.1. The van der Waals surface area contributed by atoms with Crippen molar-refractivity contribution in [3.63, 3.8) is 0 Å². The normalized spacial score (nSPS) is 13.1. The van der Waals surface area contributed by atoms with E-state index in [4.69, 9.17) is 9.72 Å². The van der Waals surface area contributed by atoms with Gasteiger partial charge in [0.25, 0.3) is 0 Å². The molecule has 5 heteroatoms. The number of para-hydroxylation sites is 3. The molecule has 0 atom stereocenters. The molecule has 0 aliphatic carbocycles. The van der Waals surface area contributed by atoms with E-state index in [-0.39, 0.29) is 10.8 Å². The van der Waals surface area contributed by atoms with Crippen molar-refractivity contribution >= 4 is 22.4 Å². The fourth-order valence-corrected chi connectivity index (χ4v) is 5.90. The van der Waals surface area contributed by atoms with Crippen LogP contribution in [0.15, 0.2) is 109 Å². The number of imidazole rings is 1. The number of fused-ring (bicyclic) bond motifs is 5. The summed E-state index contributed by atoms with van der Waals surface area (Å²) < 4.78 is 8.95. The molecule has 7 rings (SSSR count). The summed E-state index contributed by atoms with van der Waals surface area (Å²) in [6, 6.07) is 36.0. The highest BCUT2D eigenvalue weighted by Gasteiger charge is 2.27. The molecule has 0 saturated heterocycles. The number of pyridine rings is 1. The van der Waals surface area contributed by atoms with Gasteiger partial charge in [-0.1, -0.05) is 77.9 Å². The van der Waals surface area contributed by atoms with Gasteiger partial charge in [-0.25, -0.2) is 4.98 Å². The van der Waals surface area contributed by atoms with Crippen LogP contribution < -0.4 is 9.64 Å². The van der Waals surface area contributed by atoms with Crippen molar-refractivity contribution in [3.8, 4) is 34.1 Å². The van der Waals surface area contributed by atoms with Crippen molar-refractivity contribution in [3.05, 3.63) is 120 Å². The van der Waals surface area contributed by atoms with Gasteiger partial charge in [0.2, 0.25) is 0 Å². The second-order valence-corrected chi connectivity index (χ2v) is 13.7. The highest BCUT2D eigenvalue weighted by atomic mass is 16.5. The van der Waals surface area contributed by atoms with Crippen LogP contribution in [0.2, 0.25) is 0 Å². The number of hydrogen-bond acceptors (Lipinski definition) is 4. The highest BCUT2D eigenvalue weighted by molar-refractivity contribution is 5.88. The fourth-order valence-electron chi connectivity index (χ4n) is 5.90. The van der Waals surface area contributed by atoms with Gasteiger partial charge in [-0.3, -0.25) is 4.98 Å². The van der Waals surface area contributed by atoms with Crippen LogP contribution in [0.5, 0.6) is 11.5 Å². The standard InChI is InChI=1S/C39H38N4O/c1-38(2,3)27-18-19-40-34(23-27)26-12-11-13-30(20-26)44-31-22-28(39(4,5)6)21-29(24-31)42-25-43-36-17-10-8-15-33(36)41-37(43)32-14-7-9-16-35(32)42/h7-24H,25H2,1-6H3. The van der Waals surface area contributed by atoms with Crippen molar-refractivity contribution < 1.29 is 4.74 Å². The Kier molecular flexibility index (Phi) is 6.58. The molecular weight excluding hydrogens is 540 g/mol. The zero-order valence-corrected chi connectivity index (χ0v) is 26.3. The van der Waals surface area contributed by atoms with Gasteiger partial charge in [0, 0.05) is 29.1 Å². The predicted molar refractivity (Wildman–Crippen MR) is 181 cm³/mol. The van der Waals surface area contributed by atoms with Crippen LogP contribution in [-0.4, -0.2) is 14.5 Å². The van der Waals surface area contributed by atoms with E-state index in [0.717, 1.165) is 56.6 Å². The van der Waals surface area contributed by atoms with Crippen molar-refractivity contribution in [2.24, 2.45) is 0 Å². The third kappa shape index (κ3) is 5.13. The molecule has 6 aromatic rings. The number of ether oxygens (including phenoxy) is 1. The van der Waals surface area contributed by atoms with E-state index in [2.05, 4.69) is 141 Å². The van der Waals surface area contributed by atoms with Gasteiger partial charge < -0.3 is 14.2 Å². The summed E-state index contributed by atoms with van der Waals surface area (Å²) in [4.78, 5) is 12.1. The van der Waals surface area contributed by atoms with Crippen LogP contribution in [0.4, 0.5) is 11.4 Å². The smallest absolute Gasteiger partial charge is 0.144 e.